The summed E-state index contributed by atoms with van der Waals surface area (Å²) in [7, 11) is 0. The third kappa shape index (κ3) is 3.95. The third-order valence-electron chi connectivity index (χ3n) is 5.03. The average molecular weight is 451 g/mol. The fourth-order valence-corrected chi connectivity index (χ4v) is 4.20. The Morgan fingerprint density at radius 2 is 1.59 bits per heavy atom. The molecule has 0 saturated carbocycles. The summed E-state index contributed by atoms with van der Waals surface area (Å²) in [4.78, 5) is 17.3. The Morgan fingerprint density at radius 3 is 2.21 bits per heavy atom. The van der Waals surface area contributed by atoms with E-state index in [0.717, 1.165) is 18.8 Å². The smallest absolute Gasteiger partial charge is 0.259 e. The number of benzene rings is 2. The Bertz CT molecular complexity index is 1020. The summed E-state index contributed by atoms with van der Waals surface area (Å²) >= 11 is 18.6. The molecule has 1 aromatic heterocycles. The molecular weight excluding hydrogens is 433 g/mol. The highest BCUT2D eigenvalue weighted by Crippen LogP contribution is 2.37. The molecule has 1 amide bonds. The van der Waals surface area contributed by atoms with Crippen LogP contribution in [0.2, 0.25) is 15.1 Å². The summed E-state index contributed by atoms with van der Waals surface area (Å²) in [6, 6.07) is 12.9. The highest BCUT2D eigenvalue weighted by atomic mass is 35.5. The van der Waals surface area contributed by atoms with Crippen LogP contribution in [-0.4, -0.2) is 42.1 Å². The summed E-state index contributed by atoms with van der Waals surface area (Å²) in [6.45, 7) is 4.34. The number of anilines is 1. The van der Waals surface area contributed by atoms with Crippen LogP contribution in [0.3, 0.4) is 0 Å². The summed E-state index contributed by atoms with van der Waals surface area (Å²) in [5, 5.41) is 5.63. The van der Waals surface area contributed by atoms with E-state index in [4.69, 9.17) is 39.3 Å². The number of hydrogen-bond donors (Lipinski definition) is 0. The van der Waals surface area contributed by atoms with Crippen molar-refractivity contribution in [1.82, 2.24) is 10.1 Å². The first-order valence-corrected chi connectivity index (χ1v) is 10.3. The lowest BCUT2D eigenvalue weighted by atomic mass is 10.0. The van der Waals surface area contributed by atoms with Gasteiger partial charge in [0.05, 0.1) is 10.0 Å². The molecule has 5 nitrogen and oxygen atoms in total. The van der Waals surface area contributed by atoms with Gasteiger partial charge in [-0.05, 0) is 43.3 Å². The van der Waals surface area contributed by atoms with Crippen LogP contribution in [0.1, 0.15) is 16.1 Å². The number of carbonyl (C=O) groups excluding carboxylic acids is 1. The number of rotatable bonds is 3. The van der Waals surface area contributed by atoms with Crippen molar-refractivity contribution in [2.45, 2.75) is 6.92 Å². The molecule has 8 heteroatoms. The molecule has 3 aromatic rings. The van der Waals surface area contributed by atoms with Crippen molar-refractivity contribution in [2.24, 2.45) is 0 Å². The molecule has 4 rings (SSSR count). The van der Waals surface area contributed by atoms with Gasteiger partial charge in [0.25, 0.3) is 5.91 Å². The standard InChI is InChI=1S/C21H18Cl3N3O2/c1-13-18(20(25-29-13)19-16(23)3-2-4-17(19)24)21(28)27-11-9-26(10-12-27)15-7-5-14(22)6-8-15/h2-8H,9-12H2,1H3. The Kier molecular flexibility index (Phi) is 5.72. The second kappa shape index (κ2) is 8.27. The van der Waals surface area contributed by atoms with Crippen molar-refractivity contribution in [1.29, 1.82) is 0 Å². The molecule has 0 radical (unpaired) electrons. The van der Waals surface area contributed by atoms with Crippen LogP contribution in [0.4, 0.5) is 5.69 Å². The lowest BCUT2D eigenvalue weighted by Gasteiger charge is -2.36. The number of amides is 1. The van der Waals surface area contributed by atoms with Gasteiger partial charge in [-0.15, -0.1) is 0 Å². The molecule has 0 atom stereocenters. The Labute approximate surface area is 183 Å². The SMILES string of the molecule is Cc1onc(-c2c(Cl)cccc2Cl)c1C(=O)N1CCN(c2ccc(Cl)cc2)CC1. The van der Waals surface area contributed by atoms with Crippen LogP contribution in [0, 0.1) is 6.92 Å². The Balaban J connectivity index is 1.56. The van der Waals surface area contributed by atoms with Gasteiger partial charge in [0, 0.05) is 42.5 Å². The first-order chi connectivity index (χ1) is 14.0. The van der Waals surface area contributed by atoms with Crippen molar-refractivity contribution < 1.29 is 9.32 Å². The normalized spacial score (nSPS) is 14.3. The number of piperazine rings is 1. The van der Waals surface area contributed by atoms with Gasteiger partial charge < -0.3 is 14.3 Å². The van der Waals surface area contributed by atoms with E-state index in [9.17, 15) is 4.79 Å². The zero-order valence-electron chi connectivity index (χ0n) is 15.7. The first kappa shape index (κ1) is 20.1. The van der Waals surface area contributed by atoms with E-state index in [2.05, 4.69) is 10.1 Å². The molecule has 0 bridgehead atoms. The molecular formula is C21H18Cl3N3O2. The van der Waals surface area contributed by atoms with Crippen LogP contribution in [0.25, 0.3) is 11.3 Å². The summed E-state index contributed by atoms with van der Waals surface area (Å²) in [5.41, 5.74) is 2.38. The molecule has 0 aliphatic carbocycles. The Morgan fingerprint density at radius 1 is 0.966 bits per heavy atom. The largest absolute Gasteiger partial charge is 0.368 e. The highest BCUT2D eigenvalue weighted by molar-refractivity contribution is 6.39. The minimum atomic E-state index is -0.134. The van der Waals surface area contributed by atoms with Crippen molar-refractivity contribution in [2.75, 3.05) is 31.1 Å². The van der Waals surface area contributed by atoms with Crippen molar-refractivity contribution in [3.05, 3.63) is 68.9 Å². The molecule has 150 valence electrons. The zero-order valence-corrected chi connectivity index (χ0v) is 17.9. The van der Waals surface area contributed by atoms with E-state index in [1.54, 1.807) is 30.0 Å². The predicted octanol–water partition coefficient (Wildman–Crippen LogP) is 5.57. The van der Waals surface area contributed by atoms with Crippen molar-refractivity contribution >= 4 is 46.4 Å². The van der Waals surface area contributed by atoms with Crippen molar-refractivity contribution in [3.63, 3.8) is 0 Å². The molecule has 0 unspecified atom stereocenters. The van der Waals surface area contributed by atoms with E-state index in [-0.39, 0.29) is 5.91 Å². The number of carbonyl (C=O) groups is 1. The molecule has 2 aromatic carbocycles. The van der Waals surface area contributed by atoms with Crippen LogP contribution in [0.5, 0.6) is 0 Å². The lowest BCUT2D eigenvalue weighted by Crippen LogP contribution is -2.49. The number of aryl methyl sites for hydroxylation is 1. The fraction of sp³-hybridized carbons (Fsp3) is 0.238. The Hall–Kier alpha value is -2.21. The molecule has 1 aliphatic rings. The van der Waals surface area contributed by atoms with E-state index in [1.807, 2.05) is 24.3 Å². The molecule has 1 aliphatic heterocycles. The average Bonchev–Trinajstić information content (AvgIpc) is 3.09. The van der Waals surface area contributed by atoms with Gasteiger partial charge in [-0.2, -0.15) is 0 Å². The van der Waals surface area contributed by atoms with Crippen LogP contribution in [0.15, 0.2) is 47.0 Å². The number of hydrogen-bond acceptors (Lipinski definition) is 4. The molecule has 2 heterocycles. The van der Waals surface area contributed by atoms with E-state index >= 15 is 0 Å². The van der Waals surface area contributed by atoms with Gasteiger partial charge in [-0.3, -0.25) is 4.79 Å². The minimum absolute atomic E-state index is 0.134. The summed E-state index contributed by atoms with van der Waals surface area (Å²) in [6.07, 6.45) is 0. The van der Waals surface area contributed by atoms with Gasteiger partial charge in [-0.25, -0.2) is 0 Å². The minimum Gasteiger partial charge on any atom is -0.368 e. The topological polar surface area (TPSA) is 49.6 Å². The van der Waals surface area contributed by atoms with Gasteiger partial charge in [-0.1, -0.05) is 46.0 Å². The quantitative estimate of drug-likeness (QED) is 0.523. The maximum Gasteiger partial charge on any atom is 0.259 e. The molecule has 1 fully saturated rings. The summed E-state index contributed by atoms with van der Waals surface area (Å²) < 4.78 is 5.34. The van der Waals surface area contributed by atoms with Crippen LogP contribution >= 0.6 is 34.8 Å². The summed E-state index contributed by atoms with van der Waals surface area (Å²) in [5.74, 6) is 0.312. The molecule has 29 heavy (non-hydrogen) atoms. The van der Waals surface area contributed by atoms with E-state index < -0.39 is 0 Å². The van der Waals surface area contributed by atoms with Crippen molar-refractivity contribution in [3.8, 4) is 11.3 Å². The monoisotopic (exact) mass is 449 g/mol. The maximum atomic E-state index is 13.3. The second-order valence-corrected chi connectivity index (χ2v) is 8.07. The van der Waals surface area contributed by atoms with Gasteiger partial charge in [0.15, 0.2) is 0 Å². The predicted molar refractivity (Wildman–Crippen MR) is 116 cm³/mol. The molecule has 0 spiro atoms. The van der Waals surface area contributed by atoms with Crippen LogP contribution < -0.4 is 4.90 Å². The number of nitrogens with zero attached hydrogens (tertiary/aromatic N) is 3. The number of halogens is 3. The highest BCUT2D eigenvalue weighted by Gasteiger charge is 2.30. The maximum absolute atomic E-state index is 13.3. The van der Waals surface area contributed by atoms with Gasteiger partial charge in [0.1, 0.15) is 17.0 Å². The molecule has 0 N–H and O–H groups in total. The lowest BCUT2D eigenvalue weighted by molar-refractivity contribution is 0.0745. The van der Waals surface area contributed by atoms with Gasteiger partial charge in [0.2, 0.25) is 0 Å². The number of aromatic nitrogens is 1. The fourth-order valence-electron chi connectivity index (χ4n) is 3.50. The second-order valence-electron chi connectivity index (χ2n) is 6.81. The molecule has 1 saturated heterocycles. The zero-order chi connectivity index (χ0) is 20.5. The van der Waals surface area contributed by atoms with Crippen LogP contribution in [-0.2, 0) is 0 Å². The van der Waals surface area contributed by atoms with Gasteiger partial charge >= 0.3 is 0 Å². The third-order valence-corrected chi connectivity index (χ3v) is 5.92. The van der Waals surface area contributed by atoms with E-state index in [0.29, 0.717) is 50.7 Å². The van der Waals surface area contributed by atoms with E-state index in [1.165, 1.54) is 0 Å². The first-order valence-electron chi connectivity index (χ1n) is 9.16.